The number of ether oxygens (including phenoxy) is 1. The van der Waals surface area contributed by atoms with Gasteiger partial charge < -0.3 is 4.74 Å². The fourth-order valence-electron chi connectivity index (χ4n) is 1.55. The Kier molecular flexibility index (Phi) is 5.94. The highest BCUT2D eigenvalue weighted by Crippen LogP contribution is 2.30. The van der Waals surface area contributed by atoms with Crippen molar-refractivity contribution in [2.75, 3.05) is 7.11 Å². The van der Waals surface area contributed by atoms with E-state index in [1.165, 1.54) is 7.11 Å². The number of nitriles is 1. The van der Waals surface area contributed by atoms with Gasteiger partial charge in [0.25, 0.3) is 0 Å². The first-order valence-electron chi connectivity index (χ1n) is 5.05. The van der Waals surface area contributed by atoms with Gasteiger partial charge in [-0.2, -0.15) is 5.26 Å². The van der Waals surface area contributed by atoms with Crippen molar-refractivity contribution in [2.45, 2.75) is 17.2 Å². The Hall–Kier alpha value is -0.760. The van der Waals surface area contributed by atoms with Crippen molar-refractivity contribution in [3.8, 4) is 6.07 Å². The minimum atomic E-state index is -0.667. The van der Waals surface area contributed by atoms with Crippen LogP contribution in [0.5, 0.6) is 0 Å². The molecule has 1 aromatic rings. The molecule has 0 aliphatic heterocycles. The second kappa shape index (κ2) is 6.98. The molecule has 0 aromatic heterocycles. The summed E-state index contributed by atoms with van der Waals surface area (Å²) in [5.41, 5.74) is 0.909. The molecule has 0 saturated carbocycles. The first kappa shape index (κ1) is 15.3. The van der Waals surface area contributed by atoms with E-state index in [1.807, 2.05) is 0 Å². The molecule has 0 N–H and O–H groups in total. The maximum Gasteiger partial charge on any atom is 0.338 e. The normalized spacial score (nSPS) is 12.0. The van der Waals surface area contributed by atoms with Crippen molar-refractivity contribution in [1.82, 2.24) is 0 Å². The molecule has 0 saturated heterocycles. The van der Waals surface area contributed by atoms with Gasteiger partial charge in [-0.25, -0.2) is 4.79 Å². The molecule has 18 heavy (non-hydrogen) atoms. The molecular formula is C12H10BrCl2NO2. The quantitative estimate of drug-likeness (QED) is 0.608. The standard InChI is InChI=1S/C12H10BrCl2NO2/c1-18-12(17)9-3-2-8(13)5-10(9)7(6-16)4-11(14)15/h2-3,5,7,11H,4H2,1H3. The summed E-state index contributed by atoms with van der Waals surface area (Å²) in [6, 6.07) is 7.12. The number of methoxy groups -OCH3 is 1. The summed E-state index contributed by atoms with van der Waals surface area (Å²) >= 11 is 14.7. The SMILES string of the molecule is COC(=O)c1ccc(Br)cc1C(C#N)CC(Cl)Cl. The Morgan fingerprint density at radius 3 is 2.72 bits per heavy atom. The van der Waals surface area contributed by atoms with Crippen molar-refractivity contribution in [1.29, 1.82) is 5.26 Å². The van der Waals surface area contributed by atoms with Crippen molar-refractivity contribution >= 4 is 45.1 Å². The number of benzene rings is 1. The minimum Gasteiger partial charge on any atom is -0.465 e. The van der Waals surface area contributed by atoms with Gasteiger partial charge in [0.1, 0.15) is 4.84 Å². The topological polar surface area (TPSA) is 50.1 Å². The first-order chi connectivity index (χ1) is 8.49. The van der Waals surface area contributed by atoms with Crippen LogP contribution in [-0.4, -0.2) is 17.9 Å². The number of esters is 1. The molecule has 1 atom stereocenters. The largest absolute Gasteiger partial charge is 0.465 e. The van der Waals surface area contributed by atoms with E-state index >= 15 is 0 Å². The third-order valence-electron chi connectivity index (χ3n) is 2.36. The molecule has 0 spiro atoms. The molecule has 1 aromatic carbocycles. The number of nitrogens with zero attached hydrogens (tertiary/aromatic N) is 1. The van der Waals surface area contributed by atoms with E-state index in [0.717, 1.165) is 4.47 Å². The van der Waals surface area contributed by atoms with Crippen LogP contribution in [-0.2, 0) is 4.74 Å². The lowest BCUT2D eigenvalue weighted by molar-refractivity contribution is 0.0599. The lowest BCUT2D eigenvalue weighted by Gasteiger charge is -2.14. The molecule has 0 fully saturated rings. The molecular weight excluding hydrogens is 341 g/mol. The van der Waals surface area contributed by atoms with Gasteiger partial charge >= 0.3 is 5.97 Å². The average Bonchev–Trinajstić information content (AvgIpc) is 2.34. The van der Waals surface area contributed by atoms with Crippen LogP contribution in [0.2, 0.25) is 0 Å². The number of hydrogen-bond acceptors (Lipinski definition) is 3. The second-order valence-electron chi connectivity index (χ2n) is 3.53. The van der Waals surface area contributed by atoms with Gasteiger partial charge in [-0.15, -0.1) is 23.2 Å². The highest BCUT2D eigenvalue weighted by molar-refractivity contribution is 9.10. The van der Waals surface area contributed by atoms with E-state index in [2.05, 4.69) is 26.7 Å². The van der Waals surface area contributed by atoms with Crippen LogP contribution in [0, 0.1) is 11.3 Å². The van der Waals surface area contributed by atoms with Crippen LogP contribution in [0.15, 0.2) is 22.7 Å². The Morgan fingerprint density at radius 2 is 2.22 bits per heavy atom. The zero-order chi connectivity index (χ0) is 13.7. The lowest BCUT2D eigenvalue weighted by Crippen LogP contribution is -2.10. The molecule has 6 heteroatoms. The van der Waals surface area contributed by atoms with E-state index in [9.17, 15) is 4.79 Å². The molecule has 96 valence electrons. The van der Waals surface area contributed by atoms with Crippen molar-refractivity contribution in [3.05, 3.63) is 33.8 Å². The predicted molar refractivity (Wildman–Crippen MR) is 73.9 cm³/mol. The van der Waals surface area contributed by atoms with Gasteiger partial charge in [-0.3, -0.25) is 0 Å². The smallest absolute Gasteiger partial charge is 0.338 e. The van der Waals surface area contributed by atoms with Crippen LogP contribution in [0.1, 0.15) is 28.3 Å². The number of carbonyl (C=O) groups is 1. The fraction of sp³-hybridized carbons (Fsp3) is 0.333. The zero-order valence-electron chi connectivity index (χ0n) is 9.49. The molecule has 3 nitrogen and oxygen atoms in total. The maximum atomic E-state index is 11.6. The molecule has 0 amide bonds. The molecule has 0 heterocycles. The van der Waals surface area contributed by atoms with Crippen molar-refractivity contribution < 1.29 is 9.53 Å². The highest BCUT2D eigenvalue weighted by Gasteiger charge is 2.22. The summed E-state index contributed by atoms with van der Waals surface area (Å²) in [6.07, 6.45) is 0.250. The molecule has 1 rings (SSSR count). The number of alkyl halides is 2. The van der Waals surface area contributed by atoms with Gasteiger partial charge in [-0.1, -0.05) is 15.9 Å². The van der Waals surface area contributed by atoms with E-state index < -0.39 is 16.7 Å². The average molecular weight is 351 g/mol. The summed E-state index contributed by atoms with van der Waals surface area (Å²) in [5, 5.41) is 9.16. The minimum absolute atomic E-state index is 0.250. The van der Waals surface area contributed by atoms with E-state index in [4.69, 9.17) is 28.5 Å². The molecule has 0 aliphatic carbocycles. The van der Waals surface area contributed by atoms with Crippen LogP contribution >= 0.6 is 39.1 Å². The van der Waals surface area contributed by atoms with Crippen molar-refractivity contribution in [2.24, 2.45) is 0 Å². The molecule has 1 unspecified atom stereocenters. The molecule has 0 bridgehead atoms. The van der Waals surface area contributed by atoms with Gasteiger partial charge in [0.15, 0.2) is 0 Å². The Balaban J connectivity index is 3.23. The Labute approximate surface area is 124 Å². The third-order valence-corrected chi connectivity index (χ3v) is 3.21. The zero-order valence-corrected chi connectivity index (χ0v) is 12.6. The summed E-state index contributed by atoms with van der Waals surface area (Å²) in [7, 11) is 1.29. The van der Waals surface area contributed by atoms with Crippen LogP contribution in [0.3, 0.4) is 0 Å². The van der Waals surface area contributed by atoms with E-state index in [-0.39, 0.29) is 6.42 Å². The Bertz CT molecular complexity index is 485. The van der Waals surface area contributed by atoms with Gasteiger partial charge in [-0.05, 0) is 30.2 Å². The van der Waals surface area contributed by atoms with E-state index in [1.54, 1.807) is 18.2 Å². The first-order valence-corrected chi connectivity index (χ1v) is 6.71. The third kappa shape index (κ3) is 3.88. The highest BCUT2D eigenvalue weighted by atomic mass is 79.9. The predicted octanol–water partition coefficient (Wildman–Crippen LogP) is 4.04. The molecule has 0 radical (unpaired) electrons. The van der Waals surface area contributed by atoms with Crippen LogP contribution < -0.4 is 0 Å². The number of carbonyl (C=O) groups excluding carboxylic acids is 1. The second-order valence-corrected chi connectivity index (χ2v) is 5.72. The van der Waals surface area contributed by atoms with E-state index in [0.29, 0.717) is 11.1 Å². The lowest BCUT2D eigenvalue weighted by atomic mass is 9.93. The number of rotatable bonds is 4. The van der Waals surface area contributed by atoms with Gasteiger partial charge in [0.05, 0.1) is 24.7 Å². The summed E-state index contributed by atoms with van der Waals surface area (Å²) in [6.45, 7) is 0. The number of halogens is 3. The summed E-state index contributed by atoms with van der Waals surface area (Å²) in [4.78, 5) is 11.0. The molecule has 0 aliphatic rings. The van der Waals surface area contributed by atoms with Crippen molar-refractivity contribution in [3.63, 3.8) is 0 Å². The van der Waals surface area contributed by atoms with Crippen LogP contribution in [0.4, 0.5) is 0 Å². The fourth-order valence-corrected chi connectivity index (χ4v) is 2.28. The van der Waals surface area contributed by atoms with Crippen LogP contribution in [0.25, 0.3) is 0 Å². The summed E-state index contributed by atoms with van der Waals surface area (Å²) < 4.78 is 5.46. The monoisotopic (exact) mass is 349 g/mol. The Morgan fingerprint density at radius 1 is 1.56 bits per heavy atom. The maximum absolute atomic E-state index is 11.6. The van der Waals surface area contributed by atoms with Gasteiger partial charge in [0.2, 0.25) is 0 Å². The summed E-state index contributed by atoms with van der Waals surface area (Å²) in [5.74, 6) is -1.05. The number of hydrogen-bond donors (Lipinski definition) is 0. The van der Waals surface area contributed by atoms with Gasteiger partial charge in [0, 0.05) is 4.47 Å².